The van der Waals surface area contributed by atoms with Crippen LogP contribution < -0.4 is 5.32 Å². The Morgan fingerprint density at radius 3 is 2.81 bits per heavy atom. The van der Waals surface area contributed by atoms with Crippen molar-refractivity contribution in [2.45, 2.75) is 39.4 Å². The van der Waals surface area contributed by atoms with Crippen molar-refractivity contribution >= 4 is 0 Å². The van der Waals surface area contributed by atoms with E-state index >= 15 is 0 Å². The Labute approximate surface area is 98.7 Å². The van der Waals surface area contributed by atoms with Gasteiger partial charge in [0.05, 0.1) is 0 Å². The van der Waals surface area contributed by atoms with Crippen molar-refractivity contribution in [2.24, 2.45) is 0 Å². The van der Waals surface area contributed by atoms with Crippen molar-refractivity contribution in [1.82, 2.24) is 10.2 Å². The molecule has 1 aliphatic heterocycles. The van der Waals surface area contributed by atoms with Crippen LogP contribution in [-0.4, -0.2) is 30.1 Å². The fourth-order valence-corrected chi connectivity index (χ4v) is 2.32. The van der Waals surface area contributed by atoms with Crippen molar-refractivity contribution < 1.29 is 0 Å². The average molecular weight is 218 g/mol. The molecule has 0 amide bonds. The molecule has 0 aliphatic carbocycles. The Bertz CT molecular complexity index is 348. The number of hydrogen-bond donors (Lipinski definition) is 1. The Hall–Kier alpha value is -0.860. The molecule has 1 N–H and O–H groups in total. The largest absolute Gasteiger partial charge is 0.311 e. The molecule has 0 unspecified atom stereocenters. The van der Waals surface area contributed by atoms with Crippen LogP contribution in [0, 0.1) is 6.92 Å². The van der Waals surface area contributed by atoms with Gasteiger partial charge < -0.3 is 5.32 Å². The topological polar surface area (TPSA) is 15.3 Å². The molecule has 2 nitrogen and oxygen atoms in total. The molecule has 0 spiro atoms. The molecular weight excluding hydrogens is 196 g/mol. The molecule has 1 fully saturated rings. The zero-order valence-electron chi connectivity index (χ0n) is 10.5. The molecule has 1 saturated heterocycles. The maximum atomic E-state index is 3.52. The third-order valence-electron chi connectivity index (χ3n) is 3.53. The molecule has 2 atom stereocenters. The second-order valence-electron chi connectivity index (χ2n) is 5.01. The van der Waals surface area contributed by atoms with Crippen molar-refractivity contribution in [3.05, 3.63) is 35.4 Å². The van der Waals surface area contributed by atoms with E-state index in [1.165, 1.54) is 11.1 Å². The van der Waals surface area contributed by atoms with Gasteiger partial charge in [-0.05, 0) is 31.9 Å². The van der Waals surface area contributed by atoms with Gasteiger partial charge in [0.15, 0.2) is 0 Å². The molecule has 1 heterocycles. The molecule has 2 rings (SSSR count). The van der Waals surface area contributed by atoms with Crippen LogP contribution in [0.2, 0.25) is 0 Å². The number of piperazine rings is 1. The van der Waals surface area contributed by atoms with Gasteiger partial charge in [-0.3, -0.25) is 4.90 Å². The summed E-state index contributed by atoms with van der Waals surface area (Å²) in [4.78, 5) is 2.57. The lowest BCUT2D eigenvalue weighted by molar-refractivity contribution is 0.138. The first-order valence-electron chi connectivity index (χ1n) is 6.18. The summed E-state index contributed by atoms with van der Waals surface area (Å²) in [5.74, 6) is 0. The predicted molar refractivity (Wildman–Crippen MR) is 68.5 cm³/mol. The number of nitrogens with zero attached hydrogens (tertiary/aromatic N) is 1. The normalized spacial score (nSPS) is 26.9. The third-order valence-corrected chi connectivity index (χ3v) is 3.53. The fraction of sp³-hybridized carbons (Fsp3) is 0.571. The number of aryl methyl sites for hydroxylation is 1. The number of benzene rings is 1. The molecule has 16 heavy (non-hydrogen) atoms. The summed E-state index contributed by atoms with van der Waals surface area (Å²) in [6.45, 7) is 10.1. The third kappa shape index (κ3) is 2.63. The number of hydrogen-bond acceptors (Lipinski definition) is 2. The molecule has 0 aromatic heterocycles. The minimum absolute atomic E-state index is 0.611. The van der Waals surface area contributed by atoms with E-state index in [-0.39, 0.29) is 0 Å². The minimum atomic E-state index is 0.611. The van der Waals surface area contributed by atoms with Gasteiger partial charge >= 0.3 is 0 Å². The van der Waals surface area contributed by atoms with Crippen LogP contribution in [0.4, 0.5) is 0 Å². The Balaban J connectivity index is 2.06. The molecule has 0 saturated carbocycles. The molecule has 1 aromatic carbocycles. The first-order valence-corrected chi connectivity index (χ1v) is 6.18. The smallest absolute Gasteiger partial charge is 0.0240 e. The summed E-state index contributed by atoms with van der Waals surface area (Å²) in [6, 6.07) is 9.94. The van der Waals surface area contributed by atoms with Gasteiger partial charge in [-0.25, -0.2) is 0 Å². The minimum Gasteiger partial charge on any atom is -0.311 e. The highest BCUT2D eigenvalue weighted by Crippen LogP contribution is 2.14. The Morgan fingerprint density at radius 1 is 1.31 bits per heavy atom. The van der Waals surface area contributed by atoms with Crippen LogP contribution in [0.15, 0.2) is 24.3 Å². The van der Waals surface area contributed by atoms with Gasteiger partial charge in [-0.15, -0.1) is 0 Å². The van der Waals surface area contributed by atoms with Crippen LogP contribution in [0.1, 0.15) is 25.0 Å². The first-order chi connectivity index (χ1) is 7.66. The van der Waals surface area contributed by atoms with E-state index in [9.17, 15) is 0 Å². The highest BCUT2D eigenvalue weighted by molar-refractivity contribution is 5.25. The van der Waals surface area contributed by atoms with Crippen molar-refractivity contribution in [1.29, 1.82) is 0 Å². The lowest BCUT2D eigenvalue weighted by atomic mass is 10.1. The summed E-state index contributed by atoms with van der Waals surface area (Å²) < 4.78 is 0. The van der Waals surface area contributed by atoms with Gasteiger partial charge in [-0.2, -0.15) is 0 Å². The van der Waals surface area contributed by atoms with E-state index in [1.807, 2.05) is 0 Å². The van der Waals surface area contributed by atoms with Gasteiger partial charge in [0, 0.05) is 31.7 Å². The van der Waals surface area contributed by atoms with Crippen LogP contribution in [0.3, 0.4) is 0 Å². The van der Waals surface area contributed by atoms with Crippen LogP contribution >= 0.6 is 0 Å². The van der Waals surface area contributed by atoms with E-state index in [0.717, 1.165) is 19.6 Å². The van der Waals surface area contributed by atoms with Crippen LogP contribution in [0.25, 0.3) is 0 Å². The van der Waals surface area contributed by atoms with Crippen molar-refractivity contribution in [3.8, 4) is 0 Å². The summed E-state index contributed by atoms with van der Waals surface area (Å²) in [7, 11) is 0. The molecule has 88 valence electrons. The molecular formula is C14H22N2. The molecule has 1 aromatic rings. The van der Waals surface area contributed by atoms with E-state index < -0.39 is 0 Å². The lowest BCUT2D eigenvalue weighted by Gasteiger charge is -2.37. The first kappa shape index (κ1) is 11.6. The molecule has 2 heteroatoms. The second kappa shape index (κ2) is 4.98. The quantitative estimate of drug-likeness (QED) is 0.818. The molecule has 1 aliphatic rings. The van der Waals surface area contributed by atoms with Gasteiger partial charge in [0.2, 0.25) is 0 Å². The highest BCUT2D eigenvalue weighted by Gasteiger charge is 2.22. The van der Waals surface area contributed by atoms with E-state index in [2.05, 4.69) is 55.3 Å². The van der Waals surface area contributed by atoms with E-state index in [4.69, 9.17) is 0 Å². The predicted octanol–water partition coefficient (Wildman–Crippen LogP) is 2.18. The SMILES string of the molecule is Cc1ccccc1CN1C[C@H](C)NC[C@@H]1C. The molecule has 0 bridgehead atoms. The zero-order valence-corrected chi connectivity index (χ0v) is 10.5. The van der Waals surface area contributed by atoms with Gasteiger partial charge in [0.25, 0.3) is 0 Å². The standard InChI is InChI=1S/C14H22N2/c1-11-6-4-5-7-14(11)10-16-9-12(2)15-8-13(16)3/h4-7,12-13,15H,8-10H2,1-3H3/t12-,13-/m0/s1. The highest BCUT2D eigenvalue weighted by atomic mass is 15.2. The summed E-state index contributed by atoms with van der Waals surface area (Å²) in [5.41, 5.74) is 2.87. The zero-order chi connectivity index (χ0) is 11.5. The van der Waals surface area contributed by atoms with E-state index in [0.29, 0.717) is 12.1 Å². The fourth-order valence-electron chi connectivity index (χ4n) is 2.32. The summed E-state index contributed by atoms with van der Waals surface area (Å²) >= 11 is 0. The maximum absolute atomic E-state index is 3.52. The molecule has 0 radical (unpaired) electrons. The number of nitrogens with one attached hydrogen (secondary N) is 1. The number of rotatable bonds is 2. The maximum Gasteiger partial charge on any atom is 0.0240 e. The summed E-state index contributed by atoms with van der Waals surface area (Å²) in [6.07, 6.45) is 0. The monoisotopic (exact) mass is 218 g/mol. The Morgan fingerprint density at radius 2 is 2.06 bits per heavy atom. The van der Waals surface area contributed by atoms with Gasteiger partial charge in [0.1, 0.15) is 0 Å². The average Bonchev–Trinajstić information content (AvgIpc) is 2.27. The van der Waals surface area contributed by atoms with Crippen LogP contribution in [0.5, 0.6) is 0 Å². The summed E-state index contributed by atoms with van der Waals surface area (Å²) in [5, 5.41) is 3.52. The van der Waals surface area contributed by atoms with Crippen LogP contribution in [-0.2, 0) is 6.54 Å². The van der Waals surface area contributed by atoms with Crippen molar-refractivity contribution in [3.63, 3.8) is 0 Å². The Kier molecular flexibility index (Phi) is 3.62. The van der Waals surface area contributed by atoms with E-state index in [1.54, 1.807) is 0 Å². The van der Waals surface area contributed by atoms with Gasteiger partial charge in [-0.1, -0.05) is 24.3 Å². The second-order valence-corrected chi connectivity index (χ2v) is 5.01. The lowest BCUT2D eigenvalue weighted by Crippen LogP contribution is -2.53. The van der Waals surface area contributed by atoms with Crippen molar-refractivity contribution in [2.75, 3.05) is 13.1 Å².